The highest BCUT2D eigenvalue weighted by molar-refractivity contribution is 9.09. The molecular formula is C24H29BrN6O5. The number of esters is 2. The lowest BCUT2D eigenvalue weighted by Gasteiger charge is -2.01. The molecule has 0 saturated heterocycles. The number of aromatic nitrogens is 5. The molecule has 0 amide bonds. The predicted octanol–water partition coefficient (Wildman–Crippen LogP) is 3.38. The Kier molecular flexibility index (Phi) is 9.86. The van der Waals surface area contributed by atoms with Gasteiger partial charge in [-0.25, -0.2) is 19.1 Å². The Balaban J connectivity index is 0.000000165. The highest BCUT2D eigenvalue weighted by Crippen LogP contribution is 2.39. The van der Waals surface area contributed by atoms with Crippen molar-refractivity contribution in [3.8, 4) is 0 Å². The van der Waals surface area contributed by atoms with Crippen LogP contribution >= 0.6 is 15.9 Å². The molecule has 0 unspecified atom stereocenters. The second-order valence-corrected chi connectivity index (χ2v) is 8.66. The number of Topliss-reactive ketones (excluding diaryl/α,β-unsaturated/α-hetero) is 1. The number of nitrogens with zero attached hydrogens (tertiary/aromatic N) is 5. The van der Waals surface area contributed by atoms with Crippen molar-refractivity contribution in [1.82, 2.24) is 24.8 Å². The van der Waals surface area contributed by atoms with Gasteiger partial charge in [0.15, 0.2) is 11.5 Å². The van der Waals surface area contributed by atoms with E-state index in [9.17, 15) is 14.4 Å². The minimum absolute atomic E-state index is 0.0935. The van der Waals surface area contributed by atoms with Crippen molar-refractivity contribution >= 4 is 45.1 Å². The van der Waals surface area contributed by atoms with Crippen LogP contribution in [0.5, 0.6) is 0 Å². The number of nitrogen functional groups attached to an aromatic ring is 1. The molecular weight excluding hydrogens is 532 g/mol. The molecule has 5 rings (SSSR count). The van der Waals surface area contributed by atoms with Gasteiger partial charge in [-0.3, -0.25) is 4.79 Å². The molecule has 2 saturated carbocycles. The first-order chi connectivity index (χ1) is 17.4. The number of hydrogen-bond acceptors (Lipinski definition) is 10. The van der Waals surface area contributed by atoms with E-state index in [-0.39, 0.29) is 17.4 Å². The molecule has 2 aliphatic carbocycles. The number of hydrogen-bond donors (Lipinski definition) is 1. The number of ether oxygens (including phenoxy) is 2. The Morgan fingerprint density at radius 1 is 1.03 bits per heavy atom. The van der Waals surface area contributed by atoms with Gasteiger partial charge in [0.2, 0.25) is 0 Å². The van der Waals surface area contributed by atoms with Crippen LogP contribution in [0.2, 0.25) is 0 Å². The molecule has 0 radical (unpaired) electrons. The van der Waals surface area contributed by atoms with Crippen LogP contribution in [0.4, 0.5) is 5.82 Å². The molecule has 2 N–H and O–H groups in total. The van der Waals surface area contributed by atoms with E-state index in [0.29, 0.717) is 47.4 Å². The third kappa shape index (κ3) is 7.54. The number of anilines is 1. The molecule has 2 fully saturated rings. The minimum Gasteiger partial charge on any atom is -0.462 e. The lowest BCUT2D eigenvalue weighted by atomic mass is 10.3. The largest absolute Gasteiger partial charge is 0.462 e. The fourth-order valence-corrected chi connectivity index (χ4v) is 3.56. The van der Waals surface area contributed by atoms with Crippen LogP contribution in [0.3, 0.4) is 0 Å². The van der Waals surface area contributed by atoms with Gasteiger partial charge in [-0.1, -0.05) is 15.9 Å². The summed E-state index contributed by atoms with van der Waals surface area (Å²) in [4.78, 5) is 37.9. The van der Waals surface area contributed by atoms with E-state index < -0.39 is 5.97 Å². The van der Waals surface area contributed by atoms with Gasteiger partial charge in [-0.15, -0.1) is 5.10 Å². The number of nitrogens with two attached hydrogens (primary N) is 1. The lowest BCUT2D eigenvalue weighted by molar-refractivity contribution is -0.117. The zero-order valence-corrected chi connectivity index (χ0v) is 21.8. The summed E-state index contributed by atoms with van der Waals surface area (Å²) in [6.45, 7) is 4.20. The fraction of sp³-hybridized carbons (Fsp3) is 0.458. The third-order valence-electron chi connectivity index (χ3n) is 5.28. The highest BCUT2D eigenvalue weighted by Gasteiger charge is 2.28. The van der Waals surface area contributed by atoms with Gasteiger partial charge in [-0.05, 0) is 51.7 Å². The number of imidazole rings is 1. The highest BCUT2D eigenvalue weighted by atomic mass is 79.9. The lowest BCUT2D eigenvalue weighted by Crippen LogP contribution is -2.09. The maximum Gasteiger partial charge on any atom is 0.342 e. The molecule has 0 atom stereocenters. The number of fused-ring (bicyclic) bond motifs is 1. The molecule has 3 aromatic rings. The molecule has 0 aliphatic heterocycles. The molecule has 0 aromatic carbocycles. The summed E-state index contributed by atoms with van der Waals surface area (Å²) in [5.41, 5.74) is 7.73. The standard InChI is InChI=1S/C12H13N3O2.C7H9N3O2.C5H7BrO/c1-2-17-12(16)9-5-6-13-15-7-10(8-3-4-8)14-11(9)15;1-2-12-7(11)5-3-4-9-10-6(5)8;6-3-5(7)4-1-2-4/h5-8H,2-4H2,1H3;3-4H,2H2,1H3,(H2,8,10);4H,1-3H2. The first-order valence-corrected chi connectivity index (χ1v) is 12.9. The predicted molar refractivity (Wildman–Crippen MR) is 135 cm³/mol. The Morgan fingerprint density at radius 3 is 2.19 bits per heavy atom. The first-order valence-electron chi connectivity index (χ1n) is 11.7. The van der Waals surface area contributed by atoms with Crippen LogP contribution in [0.1, 0.15) is 71.9 Å². The second kappa shape index (κ2) is 13.1. The zero-order valence-electron chi connectivity index (χ0n) is 20.2. The number of carbonyl (C=O) groups is 3. The maximum atomic E-state index is 11.8. The normalized spacial score (nSPS) is 14.1. The number of alkyl halides is 1. The van der Waals surface area contributed by atoms with Gasteiger partial charge >= 0.3 is 11.9 Å². The van der Waals surface area contributed by atoms with Crippen molar-refractivity contribution in [1.29, 1.82) is 0 Å². The summed E-state index contributed by atoms with van der Waals surface area (Å²) in [5, 5.41) is 11.7. The van der Waals surface area contributed by atoms with E-state index in [1.54, 1.807) is 30.6 Å². The summed E-state index contributed by atoms with van der Waals surface area (Å²) in [6, 6.07) is 3.12. The zero-order chi connectivity index (χ0) is 26.1. The van der Waals surface area contributed by atoms with Crippen molar-refractivity contribution in [3.63, 3.8) is 0 Å². The van der Waals surface area contributed by atoms with Crippen LogP contribution in [-0.2, 0) is 14.3 Å². The number of carbonyl (C=O) groups excluding carboxylic acids is 3. The first kappa shape index (κ1) is 27.2. The van der Waals surface area contributed by atoms with Crippen molar-refractivity contribution < 1.29 is 23.9 Å². The summed E-state index contributed by atoms with van der Waals surface area (Å²) < 4.78 is 11.4. The van der Waals surface area contributed by atoms with E-state index >= 15 is 0 Å². The topological polar surface area (TPSA) is 152 Å². The van der Waals surface area contributed by atoms with Crippen LogP contribution in [0.15, 0.2) is 30.7 Å². The molecule has 3 heterocycles. The third-order valence-corrected chi connectivity index (χ3v) is 5.83. The number of halogens is 1. The van der Waals surface area contributed by atoms with Gasteiger partial charge in [0.1, 0.15) is 16.9 Å². The minimum atomic E-state index is -0.468. The molecule has 11 nitrogen and oxygen atoms in total. The van der Waals surface area contributed by atoms with Crippen LogP contribution in [0.25, 0.3) is 5.65 Å². The second-order valence-electron chi connectivity index (χ2n) is 8.10. The Hall–Kier alpha value is -3.41. The van der Waals surface area contributed by atoms with Crippen molar-refractivity contribution in [2.24, 2.45) is 5.92 Å². The number of ketones is 1. The maximum absolute atomic E-state index is 11.8. The quantitative estimate of drug-likeness (QED) is 0.336. The molecule has 12 heteroatoms. The SMILES string of the molecule is CCOC(=O)c1ccnn2cc(C3CC3)nc12.CCOC(=O)c1ccnnc1N.O=C(CBr)C1CC1. The smallest absolute Gasteiger partial charge is 0.342 e. The van der Waals surface area contributed by atoms with Gasteiger partial charge in [0, 0.05) is 18.0 Å². The Morgan fingerprint density at radius 2 is 1.67 bits per heavy atom. The van der Waals surface area contributed by atoms with E-state index in [2.05, 4.69) is 36.2 Å². The van der Waals surface area contributed by atoms with E-state index in [4.69, 9.17) is 15.2 Å². The molecule has 3 aromatic heterocycles. The van der Waals surface area contributed by atoms with Crippen LogP contribution < -0.4 is 5.73 Å². The summed E-state index contributed by atoms with van der Waals surface area (Å²) in [6.07, 6.45) is 9.50. The number of rotatable bonds is 7. The molecule has 0 spiro atoms. The van der Waals surface area contributed by atoms with Gasteiger partial charge in [-0.2, -0.15) is 10.2 Å². The van der Waals surface area contributed by atoms with Crippen molar-refractivity contribution in [2.45, 2.75) is 45.4 Å². The average molecular weight is 561 g/mol. The van der Waals surface area contributed by atoms with Gasteiger partial charge in [0.05, 0.1) is 36.6 Å². The van der Waals surface area contributed by atoms with Crippen LogP contribution in [0, 0.1) is 5.92 Å². The van der Waals surface area contributed by atoms with Gasteiger partial charge < -0.3 is 15.2 Å². The Labute approximate surface area is 216 Å². The van der Waals surface area contributed by atoms with E-state index in [0.717, 1.165) is 18.5 Å². The molecule has 0 bridgehead atoms. The Bertz CT molecular complexity index is 1210. The van der Waals surface area contributed by atoms with Crippen molar-refractivity contribution in [2.75, 3.05) is 24.3 Å². The summed E-state index contributed by atoms with van der Waals surface area (Å²) in [7, 11) is 0. The monoisotopic (exact) mass is 560 g/mol. The summed E-state index contributed by atoms with van der Waals surface area (Å²) >= 11 is 3.11. The van der Waals surface area contributed by atoms with Crippen molar-refractivity contribution in [3.05, 3.63) is 47.5 Å². The summed E-state index contributed by atoms with van der Waals surface area (Å²) in [5.74, 6) is 0.639. The molecule has 36 heavy (non-hydrogen) atoms. The average Bonchev–Trinajstić information content (AvgIpc) is 3.81. The molecule has 2 aliphatic rings. The van der Waals surface area contributed by atoms with Crippen LogP contribution in [-0.4, -0.2) is 61.1 Å². The van der Waals surface area contributed by atoms with E-state index in [1.807, 2.05) is 6.20 Å². The molecule has 192 valence electrons. The fourth-order valence-electron chi connectivity index (χ4n) is 3.10. The van der Waals surface area contributed by atoms with Gasteiger partial charge in [0.25, 0.3) is 0 Å². The van der Waals surface area contributed by atoms with E-state index in [1.165, 1.54) is 25.1 Å².